The van der Waals surface area contributed by atoms with Crippen LogP contribution in [0.15, 0.2) is 24.3 Å². The average molecular weight is 341 g/mol. The fourth-order valence-electron chi connectivity index (χ4n) is 2.82. The van der Waals surface area contributed by atoms with Crippen LogP contribution >= 0.6 is 0 Å². The van der Waals surface area contributed by atoms with Crippen molar-refractivity contribution < 1.29 is 17.9 Å². The van der Waals surface area contributed by atoms with E-state index in [2.05, 4.69) is 9.62 Å². The lowest BCUT2D eigenvalue weighted by atomic mass is 10.1. The van der Waals surface area contributed by atoms with E-state index in [-0.39, 0.29) is 6.54 Å². The van der Waals surface area contributed by atoms with Gasteiger partial charge in [0.05, 0.1) is 26.4 Å². The topological polar surface area (TPSA) is 71.1 Å². The van der Waals surface area contributed by atoms with E-state index in [9.17, 15) is 8.42 Å². The molecule has 7 nitrogen and oxygen atoms in total. The van der Waals surface area contributed by atoms with E-state index < -0.39 is 10.2 Å². The van der Waals surface area contributed by atoms with Crippen molar-refractivity contribution >= 4 is 15.9 Å². The molecule has 0 spiro atoms. The van der Waals surface area contributed by atoms with E-state index in [4.69, 9.17) is 9.47 Å². The Kier molecular flexibility index (Phi) is 5.50. The van der Waals surface area contributed by atoms with Crippen LogP contribution in [0.2, 0.25) is 0 Å². The van der Waals surface area contributed by atoms with Crippen LogP contribution in [0.1, 0.15) is 5.56 Å². The van der Waals surface area contributed by atoms with Crippen LogP contribution in [-0.2, 0) is 26.2 Å². The van der Waals surface area contributed by atoms with Gasteiger partial charge in [0.15, 0.2) is 0 Å². The third kappa shape index (κ3) is 4.21. The molecule has 0 radical (unpaired) electrons. The van der Waals surface area contributed by atoms with Crippen molar-refractivity contribution in [3.63, 3.8) is 0 Å². The molecule has 23 heavy (non-hydrogen) atoms. The van der Waals surface area contributed by atoms with E-state index in [1.165, 1.54) is 4.31 Å². The van der Waals surface area contributed by atoms with E-state index in [1.807, 2.05) is 24.3 Å². The Morgan fingerprint density at radius 2 is 1.57 bits per heavy atom. The molecule has 1 N–H and O–H groups in total. The lowest BCUT2D eigenvalue weighted by Crippen LogP contribution is -2.46. The highest BCUT2D eigenvalue weighted by molar-refractivity contribution is 7.87. The second-order valence-electron chi connectivity index (χ2n) is 5.57. The largest absolute Gasteiger partial charge is 0.379 e. The molecule has 0 atom stereocenters. The monoisotopic (exact) mass is 341 g/mol. The van der Waals surface area contributed by atoms with Gasteiger partial charge in [-0.1, -0.05) is 18.2 Å². The smallest absolute Gasteiger partial charge is 0.279 e. The third-order valence-electron chi connectivity index (χ3n) is 4.10. The van der Waals surface area contributed by atoms with E-state index in [0.29, 0.717) is 39.5 Å². The minimum Gasteiger partial charge on any atom is -0.379 e. The standard InChI is InChI=1S/C15H23N3O4S/c19-23(20,18-7-11-22-12-8-18)16-13-14-3-1-2-4-15(14)17-5-9-21-10-6-17/h1-4,16H,5-13H2. The van der Waals surface area contributed by atoms with Gasteiger partial charge < -0.3 is 14.4 Å². The predicted molar refractivity (Wildman–Crippen MR) is 87.6 cm³/mol. The van der Waals surface area contributed by atoms with Gasteiger partial charge in [-0.15, -0.1) is 0 Å². The summed E-state index contributed by atoms with van der Waals surface area (Å²) in [4.78, 5) is 2.24. The maximum absolute atomic E-state index is 12.4. The molecule has 0 unspecified atom stereocenters. The Hall–Kier alpha value is -1.19. The zero-order chi connectivity index (χ0) is 16.1. The second-order valence-corrected chi connectivity index (χ2v) is 7.32. The molecule has 1 aromatic rings. The quantitative estimate of drug-likeness (QED) is 0.828. The highest BCUT2D eigenvalue weighted by Crippen LogP contribution is 2.21. The Morgan fingerprint density at radius 1 is 0.957 bits per heavy atom. The van der Waals surface area contributed by atoms with Crippen LogP contribution < -0.4 is 9.62 Å². The number of nitrogens with zero attached hydrogens (tertiary/aromatic N) is 2. The number of ether oxygens (including phenoxy) is 2. The second kappa shape index (κ2) is 7.59. The molecular weight excluding hydrogens is 318 g/mol. The molecular formula is C15H23N3O4S. The van der Waals surface area contributed by atoms with Gasteiger partial charge >= 0.3 is 0 Å². The molecule has 3 rings (SSSR count). The summed E-state index contributed by atoms with van der Waals surface area (Å²) < 4.78 is 39.5. The van der Waals surface area contributed by atoms with Gasteiger partial charge in [0.2, 0.25) is 0 Å². The molecule has 8 heteroatoms. The van der Waals surface area contributed by atoms with E-state index in [0.717, 1.165) is 24.3 Å². The molecule has 2 aliphatic rings. The van der Waals surface area contributed by atoms with E-state index in [1.54, 1.807) is 0 Å². The molecule has 2 aliphatic heterocycles. The maximum atomic E-state index is 12.4. The molecule has 2 fully saturated rings. The summed E-state index contributed by atoms with van der Waals surface area (Å²) in [7, 11) is -3.47. The number of hydrogen-bond donors (Lipinski definition) is 1. The van der Waals surface area contributed by atoms with Gasteiger partial charge in [0.25, 0.3) is 10.2 Å². The van der Waals surface area contributed by atoms with Gasteiger partial charge in [0.1, 0.15) is 0 Å². The van der Waals surface area contributed by atoms with Crippen molar-refractivity contribution in [2.45, 2.75) is 6.54 Å². The van der Waals surface area contributed by atoms with Gasteiger partial charge in [-0.2, -0.15) is 17.4 Å². The number of anilines is 1. The molecule has 2 saturated heterocycles. The van der Waals surface area contributed by atoms with Crippen molar-refractivity contribution in [2.75, 3.05) is 57.5 Å². The molecule has 0 saturated carbocycles. The van der Waals surface area contributed by atoms with Crippen molar-refractivity contribution in [1.82, 2.24) is 9.03 Å². The average Bonchev–Trinajstić information content (AvgIpc) is 2.62. The van der Waals surface area contributed by atoms with Crippen molar-refractivity contribution in [1.29, 1.82) is 0 Å². The molecule has 0 amide bonds. The van der Waals surface area contributed by atoms with Crippen LogP contribution in [0.3, 0.4) is 0 Å². The molecule has 0 bridgehead atoms. The summed E-state index contributed by atoms with van der Waals surface area (Å²) in [5, 5.41) is 0. The number of rotatable bonds is 5. The summed E-state index contributed by atoms with van der Waals surface area (Å²) in [5.74, 6) is 0. The highest BCUT2D eigenvalue weighted by atomic mass is 32.2. The number of benzene rings is 1. The molecule has 2 heterocycles. The minimum absolute atomic E-state index is 0.285. The van der Waals surface area contributed by atoms with Crippen molar-refractivity contribution in [3.8, 4) is 0 Å². The minimum atomic E-state index is -3.47. The first-order valence-electron chi connectivity index (χ1n) is 7.90. The van der Waals surface area contributed by atoms with Gasteiger partial charge in [-0.05, 0) is 11.6 Å². The number of hydrogen-bond acceptors (Lipinski definition) is 5. The number of para-hydroxylation sites is 1. The third-order valence-corrected chi connectivity index (χ3v) is 5.65. The molecule has 0 aromatic heterocycles. The van der Waals surface area contributed by atoms with Crippen LogP contribution in [0.4, 0.5) is 5.69 Å². The maximum Gasteiger partial charge on any atom is 0.279 e. The van der Waals surface area contributed by atoms with Gasteiger partial charge in [-0.25, -0.2) is 0 Å². The molecule has 128 valence electrons. The van der Waals surface area contributed by atoms with Gasteiger partial charge in [0, 0.05) is 38.4 Å². The van der Waals surface area contributed by atoms with Gasteiger partial charge in [-0.3, -0.25) is 0 Å². The fourth-order valence-corrected chi connectivity index (χ4v) is 3.97. The zero-order valence-corrected chi connectivity index (χ0v) is 13.9. The first kappa shape index (κ1) is 16.7. The lowest BCUT2D eigenvalue weighted by Gasteiger charge is -2.31. The van der Waals surface area contributed by atoms with Crippen LogP contribution in [-0.4, -0.2) is 65.3 Å². The predicted octanol–water partition coefficient (Wildman–Crippen LogP) is 0.190. The van der Waals surface area contributed by atoms with Crippen molar-refractivity contribution in [2.24, 2.45) is 0 Å². The Morgan fingerprint density at radius 3 is 2.26 bits per heavy atom. The zero-order valence-electron chi connectivity index (χ0n) is 13.1. The summed E-state index contributed by atoms with van der Waals surface area (Å²) in [6.07, 6.45) is 0. The summed E-state index contributed by atoms with van der Waals surface area (Å²) in [6.45, 7) is 5.05. The molecule has 0 aliphatic carbocycles. The SMILES string of the molecule is O=S(=O)(NCc1ccccc1N1CCOCC1)N1CCOCC1. The Labute approximate surface area is 137 Å². The summed E-state index contributed by atoms with van der Waals surface area (Å²) in [5.41, 5.74) is 2.05. The normalized spacial score (nSPS) is 20.6. The summed E-state index contributed by atoms with van der Waals surface area (Å²) in [6, 6.07) is 7.91. The fraction of sp³-hybridized carbons (Fsp3) is 0.600. The van der Waals surface area contributed by atoms with Crippen molar-refractivity contribution in [3.05, 3.63) is 29.8 Å². The first-order valence-corrected chi connectivity index (χ1v) is 9.34. The summed E-state index contributed by atoms with van der Waals surface area (Å²) >= 11 is 0. The Balaban J connectivity index is 1.68. The van der Waals surface area contributed by atoms with Crippen LogP contribution in [0.25, 0.3) is 0 Å². The van der Waals surface area contributed by atoms with Crippen LogP contribution in [0.5, 0.6) is 0 Å². The number of nitrogens with one attached hydrogen (secondary N) is 1. The van der Waals surface area contributed by atoms with E-state index >= 15 is 0 Å². The number of morpholine rings is 2. The lowest BCUT2D eigenvalue weighted by molar-refractivity contribution is 0.0725. The first-order chi connectivity index (χ1) is 11.2. The van der Waals surface area contributed by atoms with Crippen LogP contribution in [0, 0.1) is 0 Å². The Bertz CT molecular complexity index is 611. The molecule has 1 aromatic carbocycles. The highest BCUT2D eigenvalue weighted by Gasteiger charge is 2.24.